The van der Waals surface area contributed by atoms with Gasteiger partial charge in [-0.05, 0) is 29.7 Å². The monoisotopic (exact) mass is 475 g/mol. The molecule has 0 aliphatic carbocycles. The SMILES string of the molecule is CC(C)(C)C(O)(Cc1cc2ccccc2n1S(=O)(=O)c1ccccc1)C(C)(C)[SiH2]O[SiH3]. The van der Waals surface area contributed by atoms with Crippen LogP contribution < -0.4 is 0 Å². The number of para-hydroxylation sites is 1. The van der Waals surface area contributed by atoms with E-state index >= 15 is 0 Å². The number of rotatable bonds is 7. The normalized spacial score (nSPS) is 15.7. The predicted molar refractivity (Wildman–Crippen MR) is 133 cm³/mol. The van der Waals surface area contributed by atoms with Crippen LogP contribution in [0.3, 0.4) is 0 Å². The Morgan fingerprint density at radius 3 is 2.16 bits per heavy atom. The van der Waals surface area contributed by atoms with E-state index in [1.807, 2.05) is 65.0 Å². The summed E-state index contributed by atoms with van der Waals surface area (Å²) < 4.78 is 34.5. The lowest BCUT2D eigenvalue weighted by atomic mass is 9.67. The fourth-order valence-corrected chi connectivity index (χ4v) is 9.90. The van der Waals surface area contributed by atoms with Crippen LogP contribution in [0.4, 0.5) is 0 Å². The molecule has 5 nitrogen and oxygen atoms in total. The van der Waals surface area contributed by atoms with Crippen molar-refractivity contribution in [2.24, 2.45) is 5.41 Å². The second-order valence-corrected chi connectivity index (χ2v) is 16.0. The molecule has 0 radical (unpaired) electrons. The second kappa shape index (κ2) is 8.33. The zero-order chi connectivity index (χ0) is 23.1. The van der Waals surface area contributed by atoms with Gasteiger partial charge in [0.25, 0.3) is 10.0 Å². The maximum Gasteiger partial charge on any atom is 0.268 e. The van der Waals surface area contributed by atoms with E-state index in [2.05, 4.69) is 0 Å². The van der Waals surface area contributed by atoms with Crippen molar-refractivity contribution in [1.29, 1.82) is 0 Å². The molecule has 3 rings (SSSR count). The molecular weight excluding hydrogens is 442 g/mol. The van der Waals surface area contributed by atoms with Crippen molar-refractivity contribution in [3.05, 3.63) is 66.4 Å². The number of hydrogen-bond acceptors (Lipinski definition) is 4. The van der Waals surface area contributed by atoms with Crippen LogP contribution in [0, 0.1) is 5.41 Å². The van der Waals surface area contributed by atoms with Crippen LogP contribution in [0.25, 0.3) is 10.9 Å². The highest BCUT2D eigenvalue weighted by Gasteiger charge is 2.52. The summed E-state index contributed by atoms with van der Waals surface area (Å²) in [7, 11) is -4.23. The van der Waals surface area contributed by atoms with Crippen molar-refractivity contribution < 1.29 is 17.6 Å². The van der Waals surface area contributed by atoms with Crippen molar-refractivity contribution in [2.75, 3.05) is 0 Å². The van der Waals surface area contributed by atoms with E-state index in [-0.39, 0.29) is 11.3 Å². The van der Waals surface area contributed by atoms with Gasteiger partial charge in [-0.2, -0.15) is 0 Å². The first-order valence-corrected chi connectivity index (χ1v) is 14.0. The lowest BCUT2D eigenvalue weighted by Crippen LogP contribution is -2.55. The fraction of sp³-hybridized carbons (Fsp3) is 0.391. The average Bonchev–Trinajstić information content (AvgIpc) is 3.06. The minimum atomic E-state index is -3.84. The molecule has 8 heteroatoms. The third-order valence-electron chi connectivity index (χ3n) is 6.32. The van der Waals surface area contributed by atoms with E-state index in [9.17, 15) is 13.5 Å². The molecule has 0 aliphatic heterocycles. The van der Waals surface area contributed by atoms with E-state index in [1.165, 1.54) is 3.97 Å². The van der Waals surface area contributed by atoms with Gasteiger partial charge in [0.2, 0.25) is 0 Å². The Morgan fingerprint density at radius 1 is 1.00 bits per heavy atom. The summed E-state index contributed by atoms with van der Waals surface area (Å²) in [6.07, 6.45) is 0.210. The largest absolute Gasteiger partial charge is 0.468 e. The molecule has 0 saturated heterocycles. The summed E-state index contributed by atoms with van der Waals surface area (Å²) in [6.45, 7) is 10.1. The maximum atomic E-state index is 13.7. The van der Waals surface area contributed by atoms with Gasteiger partial charge >= 0.3 is 0 Å². The highest BCUT2D eigenvalue weighted by Crippen LogP contribution is 2.50. The molecule has 2 aromatic carbocycles. The Hall–Kier alpha value is -1.72. The number of benzene rings is 2. The Morgan fingerprint density at radius 2 is 1.58 bits per heavy atom. The number of hydrogen-bond donors (Lipinski definition) is 1. The first-order chi connectivity index (χ1) is 14.3. The molecule has 1 unspecified atom stereocenters. The summed E-state index contributed by atoms with van der Waals surface area (Å²) in [5.41, 5.74) is -0.444. The van der Waals surface area contributed by atoms with Crippen molar-refractivity contribution in [3.63, 3.8) is 0 Å². The van der Waals surface area contributed by atoms with E-state index in [1.54, 1.807) is 30.3 Å². The molecule has 0 bridgehead atoms. The molecule has 1 N–H and O–H groups in total. The standard InChI is InChI=1S/C23H33NO4SSi2/c1-21(2,3)23(25,22(4,5)31-28-30)16-18-15-17-11-9-10-14-20(17)24(18)29(26,27)19-12-7-6-8-13-19/h6-15,25H,16,31H2,1-5,30H3. The number of nitrogens with zero attached hydrogens (tertiary/aromatic N) is 1. The van der Waals surface area contributed by atoms with E-state index in [0.29, 0.717) is 21.7 Å². The molecule has 1 aromatic heterocycles. The Kier molecular flexibility index (Phi) is 6.43. The van der Waals surface area contributed by atoms with Gasteiger partial charge in [-0.25, -0.2) is 12.4 Å². The lowest BCUT2D eigenvalue weighted by Gasteiger charge is -2.51. The third kappa shape index (κ3) is 4.19. The first kappa shape index (κ1) is 23.9. The van der Waals surface area contributed by atoms with E-state index in [4.69, 9.17) is 4.12 Å². The van der Waals surface area contributed by atoms with Gasteiger partial charge in [-0.3, -0.25) is 0 Å². The minimum Gasteiger partial charge on any atom is -0.468 e. The topological polar surface area (TPSA) is 68.5 Å². The number of aliphatic hydroxyl groups is 1. The molecule has 3 aromatic rings. The van der Waals surface area contributed by atoms with Crippen LogP contribution in [0.15, 0.2) is 65.6 Å². The van der Waals surface area contributed by atoms with Gasteiger partial charge in [0.05, 0.1) is 16.0 Å². The van der Waals surface area contributed by atoms with Crippen LogP contribution in [-0.4, -0.2) is 43.3 Å². The number of aromatic nitrogens is 1. The molecule has 1 atom stereocenters. The Bertz CT molecular complexity index is 1170. The molecule has 0 spiro atoms. The van der Waals surface area contributed by atoms with Gasteiger partial charge in [0.1, 0.15) is 10.5 Å². The van der Waals surface area contributed by atoms with E-state index < -0.39 is 35.8 Å². The fourth-order valence-electron chi connectivity index (χ4n) is 4.55. The average molecular weight is 476 g/mol. The predicted octanol–water partition coefficient (Wildman–Crippen LogP) is 2.78. The van der Waals surface area contributed by atoms with Gasteiger partial charge < -0.3 is 9.22 Å². The minimum absolute atomic E-state index is 0.210. The summed E-state index contributed by atoms with van der Waals surface area (Å²) in [5, 5.41) is 12.5. The van der Waals surface area contributed by atoms with Crippen LogP contribution in [-0.2, 0) is 20.6 Å². The second-order valence-electron chi connectivity index (χ2n) is 9.88. The first-order valence-electron chi connectivity index (χ1n) is 10.5. The van der Waals surface area contributed by atoms with Gasteiger partial charge in [-0.15, -0.1) is 0 Å². The molecule has 31 heavy (non-hydrogen) atoms. The van der Waals surface area contributed by atoms with E-state index in [0.717, 1.165) is 5.39 Å². The summed E-state index contributed by atoms with van der Waals surface area (Å²) in [5.74, 6) is 0. The molecule has 0 amide bonds. The van der Waals surface area contributed by atoms with Gasteiger partial charge in [0, 0.05) is 22.5 Å². The van der Waals surface area contributed by atoms with Crippen LogP contribution >= 0.6 is 0 Å². The van der Waals surface area contributed by atoms with Crippen molar-refractivity contribution in [1.82, 2.24) is 3.97 Å². The zero-order valence-electron chi connectivity index (χ0n) is 19.2. The highest BCUT2D eigenvalue weighted by molar-refractivity contribution is 7.90. The summed E-state index contributed by atoms with van der Waals surface area (Å²) >= 11 is 0. The van der Waals surface area contributed by atoms with Crippen LogP contribution in [0.5, 0.6) is 0 Å². The third-order valence-corrected chi connectivity index (χ3v) is 10.6. The molecule has 1 heterocycles. The highest BCUT2D eigenvalue weighted by atomic mass is 32.2. The van der Waals surface area contributed by atoms with Crippen LogP contribution in [0.2, 0.25) is 5.04 Å². The summed E-state index contributed by atoms with van der Waals surface area (Å²) in [6, 6.07) is 17.8. The molecule has 0 fully saturated rings. The number of fused-ring (bicyclic) bond motifs is 1. The quantitative estimate of drug-likeness (QED) is 0.534. The molecule has 168 valence electrons. The Balaban J connectivity index is 2.27. The molecular formula is C23H33NO4SSi2. The smallest absolute Gasteiger partial charge is 0.268 e. The van der Waals surface area contributed by atoms with Crippen molar-refractivity contribution >= 4 is 41.2 Å². The van der Waals surface area contributed by atoms with Crippen molar-refractivity contribution in [3.8, 4) is 0 Å². The van der Waals surface area contributed by atoms with Crippen molar-refractivity contribution in [2.45, 2.75) is 56.6 Å². The summed E-state index contributed by atoms with van der Waals surface area (Å²) in [4.78, 5) is 0.230. The van der Waals surface area contributed by atoms with Crippen LogP contribution in [0.1, 0.15) is 40.3 Å². The molecule has 0 aliphatic rings. The molecule has 0 saturated carbocycles. The Labute approximate surface area is 191 Å². The maximum absolute atomic E-state index is 13.7. The van der Waals surface area contributed by atoms with Gasteiger partial charge in [-0.1, -0.05) is 71.0 Å². The van der Waals surface area contributed by atoms with Gasteiger partial charge in [0.15, 0.2) is 9.76 Å². The lowest BCUT2D eigenvalue weighted by molar-refractivity contribution is -0.0898. The zero-order valence-corrected chi connectivity index (χ0v) is 23.4.